The van der Waals surface area contributed by atoms with Crippen molar-refractivity contribution in [1.29, 1.82) is 0 Å². The molecular weight excluding hydrogens is 405 g/mol. The number of esters is 1. The summed E-state index contributed by atoms with van der Waals surface area (Å²) in [5, 5.41) is 5.03. The summed E-state index contributed by atoms with van der Waals surface area (Å²) in [6.07, 6.45) is 5.16. The fourth-order valence-electron chi connectivity index (χ4n) is 2.71. The second kappa shape index (κ2) is 9.07. The number of aromatic nitrogens is 4. The van der Waals surface area contributed by atoms with Crippen LogP contribution in [-0.2, 0) is 16.0 Å². The number of unbranched alkanes of at least 4 members (excludes halogenated alkanes) is 1. The minimum Gasteiger partial charge on any atom is -0.493 e. The topological polar surface area (TPSA) is 105 Å². The molecule has 0 unspecified atom stereocenters. The van der Waals surface area contributed by atoms with Crippen LogP contribution in [0.1, 0.15) is 30.5 Å². The number of benzene rings is 1. The molecule has 3 rings (SSSR count). The van der Waals surface area contributed by atoms with E-state index in [2.05, 4.69) is 19.8 Å². The van der Waals surface area contributed by atoms with Gasteiger partial charge < -0.3 is 15.2 Å². The Morgan fingerprint density at radius 3 is 2.86 bits per heavy atom. The van der Waals surface area contributed by atoms with Crippen LogP contribution in [0.25, 0.3) is 5.65 Å². The van der Waals surface area contributed by atoms with Crippen LogP contribution < -0.4 is 10.5 Å². The molecule has 1 aromatic carbocycles. The number of rotatable bonds is 8. The van der Waals surface area contributed by atoms with Gasteiger partial charge in [0.1, 0.15) is 12.1 Å². The third kappa shape index (κ3) is 4.45. The highest BCUT2D eigenvalue weighted by molar-refractivity contribution is 6.42. The Morgan fingerprint density at radius 2 is 2.07 bits per heavy atom. The van der Waals surface area contributed by atoms with Gasteiger partial charge in [0.2, 0.25) is 0 Å². The Labute approximate surface area is 171 Å². The summed E-state index contributed by atoms with van der Waals surface area (Å²) < 4.78 is 12.1. The molecule has 3 aromatic rings. The van der Waals surface area contributed by atoms with Crippen LogP contribution in [0.2, 0.25) is 10.0 Å². The molecule has 2 aromatic heterocycles. The molecule has 2 heterocycles. The van der Waals surface area contributed by atoms with Gasteiger partial charge in [0.25, 0.3) is 0 Å². The van der Waals surface area contributed by atoms with Gasteiger partial charge in [0.15, 0.2) is 11.5 Å². The summed E-state index contributed by atoms with van der Waals surface area (Å²) in [7, 11) is 1.37. The lowest BCUT2D eigenvalue weighted by Crippen LogP contribution is -2.06. The number of carbonyl (C=O) groups excluding carboxylic acids is 1. The Balaban J connectivity index is 1.77. The smallest absolute Gasteiger partial charge is 0.305 e. The van der Waals surface area contributed by atoms with E-state index in [4.69, 9.17) is 33.7 Å². The van der Waals surface area contributed by atoms with Crippen LogP contribution in [0, 0.1) is 0 Å². The first kappa shape index (κ1) is 20.2. The number of anilines is 1. The molecule has 0 aliphatic heterocycles. The average Bonchev–Trinajstić information content (AvgIpc) is 3.10. The first-order valence-electron chi connectivity index (χ1n) is 8.60. The van der Waals surface area contributed by atoms with Crippen molar-refractivity contribution < 1.29 is 14.3 Å². The van der Waals surface area contributed by atoms with Crippen LogP contribution in [0.15, 0.2) is 24.7 Å². The summed E-state index contributed by atoms with van der Waals surface area (Å²) in [5.74, 6) is 0.675. The van der Waals surface area contributed by atoms with Gasteiger partial charge in [-0.3, -0.25) is 4.79 Å². The summed E-state index contributed by atoms with van der Waals surface area (Å²) in [6.45, 7) is 0.435. The summed E-state index contributed by atoms with van der Waals surface area (Å²) in [4.78, 5) is 19.4. The van der Waals surface area contributed by atoms with Crippen LogP contribution in [0.5, 0.6) is 5.75 Å². The molecule has 0 amide bonds. The molecule has 0 spiro atoms. The SMILES string of the molecule is COC(=O)CCCCOc1ccc(Cl)c(Cl)c1Cc1cnc2c(N)ncnn12. The standard InChI is InChI=1S/C18H19Cl2N5O3/c1-27-15(26)4-2-3-7-28-14-6-5-13(19)16(20)12(14)8-11-9-22-18-17(21)23-10-24-25(11)18/h5-6,9-10H,2-4,7-8H2,1H3,(H2,21,23,24). The summed E-state index contributed by atoms with van der Waals surface area (Å²) >= 11 is 12.6. The van der Waals surface area contributed by atoms with E-state index in [-0.39, 0.29) is 5.97 Å². The van der Waals surface area contributed by atoms with Crippen LogP contribution in [-0.4, -0.2) is 39.3 Å². The number of nitrogens with two attached hydrogens (primary N) is 1. The van der Waals surface area contributed by atoms with Crippen LogP contribution >= 0.6 is 23.2 Å². The van der Waals surface area contributed by atoms with Gasteiger partial charge in [0, 0.05) is 18.4 Å². The van der Waals surface area contributed by atoms with Gasteiger partial charge in [-0.1, -0.05) is 23.2 Å². The zero-order valence-corrected chi connectivity index (χ0v) is 16.7. The van der Waals surface area contributed by atoms with Crippen LogP contribution in [0.3, 0.4) is 0 Å². The Kier molecular flexibility index (Phi) is 6.53. The minimum atomic E-state index is -0.232. The molecular formula is C18H19Cl2N5O3. The number of hydrogen-bond donors (Lipinski definition) is 1. The second-order valence-corrected chi connectivity index (χ2v) is 6.81. The molecule has 0 aliphatic rings. The highest BCUT2D eigenvalue weighted by atomic mass is 35.5. The monoisotopic (exact) mass is 423 g/mol. The van der Waals surface area contributed by atoms with Crippen molar-refractivity contribution in [2.75, 3.05) is 19.5 Å². The van der Waals surface area contributed by atoms with Crippen LogP contribution in [0.4, 0.5) is 5.82 Å². The molecule has 0 saturated heterocycles. The van der Waals surface area contributed by atoms with Crippen molar-refractivity contribution in [3.05, 3.63) is 46.0 Å². The van der Waals surface area contributed by atoms with Gasteiger partial charge in [-0.2, -0.15) is 5.10 Å². The lowest BCUT2D eigenvalue weighted by Gasteiger charge is -2.14. The Hall–Kier alpha value is -2.58. The maximum absolute atomic E-state index is 11.2. The highest BCUT2D eigenvalue weighted by Crippen LogP contribution is 2.35. The summed E-state index contributed by atoms with van der Waals surface area (Å²) in [6, 6.07) is 3.46. The number of imidazole rings is 1. The normalized spacial score (nSPS) is 11.0. The van der Waals surface area contributed by atoms with E-state index in [0.29, 0.717) is 59.5 Å². The highest BCUT2D eigenvalue weighted by Gasteiger charge is 2.16. The van der Waals surface area contributed by atoms with E-state index < -0.39 is 0 Å². The van der Waals surface area contributed by atoms with Gasteiger partial charge in [0.05, 0.1) is 35.7 Å². The number of methoxy groups -OCH3 is 1. The second-order valence-electron chi connectivity index (χ2n) is 6.03. The maximum atomic E-state index is 11.2. The maximum Gasteiger partial charge on any atom is 0.305 e. The third-order valence-corrected chi connectivity index (χ3v) is 5.02. The third-order valence-electron chi connectivity index (χ3n) is 4.17. The molecule has 28 heavy (non-hydrogen) atoms. The van der Waals surface area contributed by atoms with E-state index in [1.165, 1.54) is 13.4 Å². The lowest BCUT2D eigenvalue weighted by molar-refractivity contribution is -0.140. The first-order valence-corrected chi connectivity index (χ1v) is 9.36. The Morgan fingerprint density at radius 1 is 1.25 bits per heavy atom. The molecule has 0 fully saturated rings. The quantitative estimate of drug-likeness (QED) is 0.437. The van der Waals surface area contributed by atoms with Gasteiger partial charge >= 0.3 is 5.97 Å². The number of nitrogens with zero attached hydrogens (tertiary/aromatic N) is 4. The molecule has 0 aliphatic carbocycles. The number of hydrogen-bond acceptors (Lipinski definition) is 7. The van der Waals surface area contributed by atoms with E-state index in [1.54, 1.807) is 22.8 Å². The first-order chi connectivity index (χ1) is 13.5. The van der Waals surface area contributed by atoms with E-state index in [1.807, 2.05) is 0 Å². The fraction of sp³-hybridized carbons (Fsp3) is 0.333. The fourth-order valence-corrected chi connectivity index (χ4v) is 3.11. The van der Waals surface area contributed by atoms with E-state index in [9.17, 15) is 4.79 Å². The van der Waals surface area contributed by atoms with Crippen molar-refractivity contribution in [3.8, 4) is 5.75 Å². The molecule has 10 heteroatoms. The van der Waals surface area contributed by atoms with Crippen molar-refractivity contribution in [2.24, 2.45) is 0 Å². The number of halogens is 2. The zero-order valence-electron chi connectivity index (χ0n) is 15.2. The molecule has 2 N–H and O–H groups in total. The minimum absolute atomic E-state index is 0.232. The molecule has 148 valence electrons. The number of nitrogen functional groups attached to an aromatic ring is 1. The Bertz CT molecular complexity index is 993. The van der Waals surface area contributed by atoms with Gasteiger partial charge in [-0.25, -0.2) is 14.5 Å². The van der Waals surface area contributed by atoms with Crippen molar-refractivity contribution in [3.63, 3.8) is 0 Å². The van der Waals surface area contributed by atoms with E-state index >= 15 is 0 Å². The molecule has 0 atom stereocenters. The van der Waals surface area contributed by atoms with Crippen molar-refractivity contribution in [1.82, 2.24) is 19.6 Å². The largest absolute Gasteiger partial charge is 0.493 e. The van der Waals surface area contributed by atoms with E-state index in [0.717, 1.165) is 11.3 Å². The molecule has 0 radical (unpaired) electrons. The van der Waals surface area contributed by atoms with Gasteiger partial charge in [-0.05, 0) is 25.0 Å². The zero-order chi connectivity index (χ0) is 20.1. The molecule has 8 nitrogen and oxygen atoms in total. The number of fused-ring (bicyclic) bond motifs is 1. The van der Waals surface area contributed by atoms with Gasteiger partial charge in [-0.15, -0.1) is 0 Å². The van der Waals surface area contributed by atoms with Crippen molar-refractivity contribution >= 4 is 40.6 Å². The number of carbonyl (C=O) groups is 1. The number of ether oxygens (including phenoxy) is 2. The summed E-state index contributed by atoms with van der Waals surface area (Å²) in [5.41, 5.74) is 7.80. The van der Waals surface area contributed by atoms with Crippen molar-refractivity contribution in [2.45, 2.75) is 25.7 Å². The molecule has 0 saturated carbocycles. The predicted molar refractivity (Wildman–Crippen MR) is 106 cm³/mol. The lowest BCUT2D eigenvalue weighted by atomic mass is 10.1. The predicted octanol–water partition coefficient (Wildman–Crippen LogP) is 3.33. The molecule has 0 bridgehead atoms. The average molecular weight is 424 g/mol.